The molecule has 3 heterocycles. The van der Waals surface area contributed by atoms with E-state index in [4.69, 9.17) is 0 Å². The molecule has 27 heavy (non-hydrogen) atoms. The Labute approximate surface area is 152 Å². The van der Waals surface area contributed by atoms with Gasteiger partial charge in [-0.3, -0.25) is 9.59 Å². The summed E-state index contributed by atoms with van der Waals surface area (Å²) in [6.45, 7) is 2.56. The van der Waals surface area contributed by atoms with E-state index in [0.29, 0.717) is 29.7 Å². The summed E-state index contributed by atoms with van der Waals surface area (Å²) in [5.41, 5.74) is 0.477. The number of pyridine rings is 1. The number of carbonyl (C=O) groups excluding carboxylic acids is 1. The number of benzene rings is 1. The molecule has 0 spiro atoms. The van der Waals surface area contributed by atoms with Crippen LogP contribution in [0.4, 0.5) is 13.2 Å². The molecule has 8 heteroatoms. The molecule has 1 atom stereocenters. The molecule has 140 valence electrons. The number of aromatic amines is 1. The number of aromatic nitrogens is 2. The van der Waals surface area contributed by atoms with Crippen molar-refractivity contribution < 1.29 is 18.0 Å². The Balaban J connectivity index is 1.70. The van der Waals surface area contributed by atoms with Crippen LogP contribution in [0.5, 0.6) is 0 Å². The first kappa shape index (κ1) is 17.4. The van der Waals surface area contributed by atoms with Crippen molar-refractivity contribution >= 4 is 16.8 Å². The van der Waals surface area contributed by atoms with Crippen LogP contribution in [0.2, 0.25) is 0 Å². The van der Waals surface area contributed by atoms with E-state index >= 15 is 0 Å². The van der Waals surface area contributed by atoms with Crippen LogP contribution in [0.15, 0.2) is 47.4 Å². The molecule has 5 nitrogen and oxygen atoms in total. The largest absolute Gasteiger partial charge is 0.416 e. The number of rotatable bonds is 2. The van der Waals surface area contributed by atoms with Gasteiger partial charge in [-0.05, 0) is 30.7 Å². The molecule has 0 saturated carbocycles. The van der Waals surface area contributed by atoms with Gasteiger partial charge in [0, 0.05) is 36.3 Å². The van der Waals surface area contributed by atoms with Crippen LogP contribution >= 0.6 is 0 Å². The molecule has 1 aliphatic heterocycles. The first-order valence-corrected chi connectivity index (χ1v) is 8.46. The Morgan fingerprint density at radius 1 is 1.11 bits per heavy atom. The summed E-state index contributed by atoms with van der Waals surface area (Å²) < 4.78 is 40.1. The first-order valence-electron chi connectivity index (χ1n) is 8.46. The average molecular weight is 375 g/mol. The number of carbonyl (C=O) groups is 1. The minimum absolute atomic E-state index is 0.222. The second kappa shape index (κ2) is 6.00. The van der Waals surface area contributed by atoms with Gasteiger partial charge in [-0.2, -0.15) is 13.2 Å². The predicted octanol–water partition coefficient (Wildman–Crippen LogP) is 3.57. The summed E-state index contributed by atoms with van der Waals surface area (Å²) >= 11 is 0. The fraction of sp³-hybridized carbons (Fsp3) is 0.263. The highest BCUT2D eigenvalue weighted by Crippen LogP contribution is 2.35. The highest BCUT2D eigenvalue weighted by Gasteiger charge is 2.32. The van der Waals surface area contributed by atoms with Gasteiger partial charge in [-0.25, -0.2) is 0 Å². The molecule has 1 aromatic carbocycles. The van der Waals surface area contributed by atoms with E-state index in [-0.39, 0.29) is 17.5 Å². The van der Waals surface area contributed by atoms with E-state index in [0.717, 1.165) is 17.7 Å². The van der Waals surface area contributed by atoms with Crippen LogP contribution < -0.4 is 5.56 Å². The Kier molecular flexibility index (Phi) is 3.87. The number of nitrogens with one attached hydrogen (secondary N) is 1. The molecule has 0 fully saturated rings. The van der Waals surface area contributed by atoms with Crippen LogP contribution in [0.1, 0.15) is 34.6 Å². The minimum Gasteiger partial charge on any atom is -0.361 e. The number of fused-ring (bicyclic) bond motifs is 2. The normalized spacial score (nSPS) is 15.9. The highest BCUT2D eigenvalue weighted by molar-refractivity contribution is 5.94. The summed E-state index contributed by atoms with van der Waals surface area (Å²) in [6.07, 6.45) is -2.78. The van der Waals surface area contributed by atoms with Crippen LogP contribution in [0.3, 0.4) is 0 Å². The number of alkyl halides is 3. The standard InChI is InChI=1S/C19H16F3N3O2/c1-11(24-7-8-25-16(18(24)27)3-2-4-17(25)26)14-10-23-15-9-12(19(20,21)22)5-6-13(14)15/h2-6,9-11,23H,7-8H2,1H3. The number of hydrogen-bond donors (Lipinski definition) is 1. The monoisotopic (exact) mass is 375 g/mol. The lowest BCUT2D eigenvalue weighted by Gasteiger charge is -2.34. The molecule has 1 N–H and O–H groups in total. The maximum absolute atomic E-state index is 12.9. The summed E-state index contributed by atoms with van der Waals surface area (Å²) in [6, 6.07) is 7.74. The van der Waals surface area contributed by atoms with E-state index in [1.807, 2.05) is 6.92 Å². The molecular weight excluding hydrogens is 359 g/mol. The third-order valence-corrected chi connectivity index (χ3v) is 5.05. The number of hydrogen-bond acceptors (Lipinski definition) is 2. The lowest BCUT2D eigenvalue weighted by atomic mass is 10.0. The van der Waals surface area contributed by atoms with Gasteiger partial charge in [0.25, 0.3) is 11.5 Å². The van der Waals surface area contributed by atoms with E-state index < -0.39 is 11.7 Å². The van der Waals surface area contributed by atoms with Crippen LogP contribution in [-0.4, -0.2) is 26.9 Å². The quantitative estimate of drug-likeness (QED) is 0.745. The van der Waals surface area contributed by atoms with Crippen molar-refractivity contribution in [1.82, 2.24) is 14.5 Å². The van der Waals surface area contributed by atoms with Crippen molar-refractivity contribution in [2.75, 3.05) is 6.54 Å². The highest BCUT2D eigenvalue weighted by atomic mass is 19.4. The molecule has 0 saturated heterocycles. The van der Waals surface area contributed by atoms with Crippen LogP contribution in [0, 0.1) is 0 Å². The smallest absolute Gasteiger partial charge is 0.361 e. The molecule has 1 unspecified atom stereocenters. The van der Waals surface area contributed by atoms with Gasteiger partial charge >= 0.3 is 6.18 Å². The maximum Gasteiger partial charge on any atom is 0.416 e. The topological polar surface area (TPSA) is 58.1 Å². The number of halogens is 3. The zero-order chi connectivity index (χ0) is 19.3. The van der Waals surface area contributed by atoms with Crippen LogP contribution in [0.25, 0.3) is 10.9 Å². The molecule has 3 aromatic rings. The zero-order valence-electron chi connectivity index (χ0n) is 14.4. The maximum atomic E-state index is 12.9. The Hall–Kier alpha value is -3.03. The lowest BCUT2D eigenvalue weighted by Crippen LogP contribution is -2.45. The summed E-state index contributed by atoms with van der Waals surface area (Å²) in [4.78, 5) is 29.2. The molecule has 0 aliphatic carbocycles. The van der Waals surface area contributed by atoms with E-state index in [2.05, 4.69) is 4.98 Å². The second-order valence-corrected chi connectivity index (χ2v) is 6.58. The van der Waals surface area contributed by atoms with E-state index in [1.54, 1.807) is 23.2 Å². The van der Waals surface area contributed by atoms with Gasteiger partial charge in [0.2, 0.25) is 0 Å². The van der Waals surface area contributed by atoms with E-state index in [1.165, 1.54) is 16.7 Å². The fourth-order valence-corrected chi connectivity index (χ4v) is 3.60. The SMILES string of the molecule is CC(c1c[nH]c2cc(C(F)(F)F)ccc12)N1CCn2c(cccc2=O)C1=O. The molecule has 0 radical (unpaired) electrons. The average Bonchev–Trinajstić information content (AvgIpc) is 3.05. The molecule has 4 rings (SSSR count). The van der Waals surface area contributed by atoms with Crippen molar-refractivity contribution in [2.24, 2.45) is 0 Å². The Morgan fingerprint density at radius 2 is 1.89 bits per heavy atom. The van der Waals surface area contributed by atoms with E-state index in [9.17, 15) is 22.8 Å². The Morgan fingerprint density at radius 3 is 2.63 bits per heavy atom. The van der Waals surface area contributed by atoms with Gasteiger partial charge in [0.1, 0.15) is 5.69 Å². The summed E-state index contributed by atoms with van der Waals surface area (Å²) in [5.74, 6) is -0.271. The first-order chi connectivity index (χ1) is 12.8. The molecular formula is C19H16F3N3O2. The van der Waals surface area contributed by atoms with Crippen molar-refractivity contribution in [2.45, 2.75) is 25.7 Å². The van der Waals surface area contributed by atoms with Crippen LogP contribution in [-0.2, 0) is 12.7 Å². The van der Waals surface area contributed by atoms with Gasteiger partial charge < -0.3 is 14.5 Å². The van der Waals surface area contributed by atoms with Crippen molar-refractivity contribution in [3.8, 4) is 0 Å². The van der Waals surface area contributed by atoms with Gasteiger partial charge in [0.15, 0.2) is 0 Å². The van der Waals surface area contributed by atoms with Crippen molar-refractivity contribution in [1.29, 1.82) is 0 Å². The number of amides is 1. The second-order valence-electron chi connectivity index (χ2n) is 6.58. The lowest BCUT2D eigenvalue weighted by molar-refractivity contribution is -0.137. The summed E-state index contributed by atoms with van der Waals surface area (Å²) in [7, 11) is 0. The third-order valence-electron chi connectivity index (χ3n) is 5.05. The number of nitrogens with zero attached hydrogens (tertiary/aromatic N) is 2. The summed E-state index contributed by atoms with van der Waals surface area (Å²) in [5, 5.41) is 0.638. The molecule has 1 aliphatic rings. The van der Waals surface area contributed by atoms with Crippen molar-refractivity contribution in [3.63, 3.8) is 0 Å². The van der Waals surface area contributed by atoms with Gasteiger partial charge in [-0.15, -0.1) is 0 Å². The van der Waals surface area contributed by atoms with Gasteiger partial charge in [0.05, 0.1) is 11.6 Å². The third kappa shape index (κ3) is 2.81. The molecule has 1 amide bonds. The zero-order valence-corrected chi connectivity index (χ0v) is 14.4. The van der Waals surface area contributed by atoms with Crippen molar-refractivity contribution in [3.05, 3.63) is 69.8 Å². The van der Waals surface area contributed by atoms with Gasteiger partial charge in [-0.1, -0.05) is 12.1 Å². The predicted molar refractivity (Wildman–Crippen MR) is 93.5 cm³/mol. The Bertz CT molecular complexity index is 1100. The number of H-pyrrole nitrogens is 1. The minimum atomic E-state index is -4.41. The fourth-order valence-electron chi connectivity index (χ4n) is 3.60. The molecule has 2 aromatic heterocycles. The molecule has 0 bridgehead atoms.